The molecule has 2 atom stereocenters. The Labute approximate surface area is 98.8 Å². The Kier molecular flexibility index (Phi) is 4.83. The fraction of sp³-hybridized carbons (Fsp3) is 1.00. The summed E-state index contributed by atoms with van der Waals surface area (Å²) in [6.07, 6.45) is 8.62. The second kappa shape index (κ2) is 6.15. The van der Waals surface area contributed by atoms with Crippen molar-refractivity contribution >= 4 is 11.8 Å². The van der Waals surface area contributed by atoms with Gasteiger partial charge < -0.3 is 5.32 Å². The molecule has 2 aliphatic rings. The Bertz CT molecular complexity index is 177. The number of hydrogen-bond donors (Lipinski definition) is 1. The lowest BCUT2D eigenvalue weighted by Crippen LogP contribution is -2.36. The monoisotopic (exact) mass is 227 g/mol. The van der Waals surface area contributed by atoms with Gasteiger partial charge in [-0.1, -0.05) is 19.8 Å². The van der Waals surface area contributed by atoms with E-state index in [2.05, 4.69) is 24.0 Å². The molecule has 2 rings (SSSR count). The zero-order valence-corrected chi connectivity index (χ0v) is 10.8. The summed E-state index contributed by atoms with van der Waals surface area (Å²) >= 11 is 2.13. The molecular formula is C13H25NS. The van der Waals surface area contributed by atoms with Gasteiger partial charge in [-0.25, -0.2) is 0 Å². The van der Waals surface area contributed by atoms with Crippen LogP contribution in [0.1, 0.15) is 45.4 Å². The van der Waals surface area contributed by atoms with E-state index in [0.717, 1.165) is 17.9 Å². The normalized spacial score (nSPS) is 33.4. The van der Waals surface area contributed by atoms with Crippen molar-refractivity contribution in [2.75, 3.05) is 18.1 Å². The first-order valence-electron chi connectivity index (χ1n) is 6.71. The first kappa shape index (κ1) is 11.8. The van der Waals surface area contributed by atoms with Crippen LogP contribution in [0, 0.1) is 11.8 Å². The molecule has 15 heavy (non-hydrogen) atoms. The number of hydrogen-bond acceptors (Lipinski definition) is 2. The predicted octanol–water partition coefficient (Wildman–Crippen LogP) is 3.30. The molecule has 0 bridgehead atoms. The summed E-state index contributed by atoms with van der Waals surface area (Å²) in [7, 11) is 0. The largest absolute Gasteiger partial charge is 0.313 e. The van der Waals surface area contributed by atoms with Crippen molar-refractivity contribution in [1.29, 1.82) is 0 Å². The summed E-state index contributed by atoms with van der Waals surface area (Å²) in [5.41, 5.74) is 0. The second-order valence-corrected chi connectivity index (χ2v) is 6.39. The van der Waals surface area contributed by atoms with Gasteiger partial charge in [0.1, 0.15) is 0 Å². The Hall–Kier alpha value is 0.310. The van der Waals surface area contributed by atoms with Crippen LogP contribution in [0.5, 0.6) is 0 Å². The van der Waals surface area contributed by atoms with Gasteiger partial charge in [0.25, 0.3) is 0 Å². The van der Waals surface area contributed by atoms with Crippen molar-refractivity contribution in [3.05, 3.63) is 0 Å². The Morgan fingerprint density at radius 2 is 1.93 bits per heavy atom. The summed E-state index contributed by atoms with van der Waals surface area (Å²) < 4.78 is 0. The second-order valence-electron chi connectivity index (χ2n) is 5.17. The highest BCUT2D eigenvalue weighted by Crippen LogP contribution is 2.29. The van der Waals surface area contributed by atoms with Crippen LogP contribution in [0.2, 0.25) is 0 Å². The van der Waals surface area contributed by atoms with E-state index < -0.39 is 0 Å². The summed E-state index contributed by atoms with van der Waals surface area (Å²) in [5, 5.41) is 3.84. The van der Waals surface area contributed by atoms with Gasteiger partial charge in [0.05, 0.1) is 0 Å². The molecule has 0 aromatic rings. The quantitative estimate of drug-likeness (QED) is 0.791. The maximum absolute atomic E-state index is 3.84. The molecule has 1 saturated heterocycles. The molecule has 1 nitrogen and oxygen atoms in total. The van der Waals surface area contributed by atoms with E-state index in [1.54, 1.807) is 0 Å². The number of rotatable bonds is 4. The van der Waals surface area contributed by atoms with Gasteiger partial charge in [0.15, 0.2) is 0 Å². The fourth-order valence-corrected chi connectivity index (χ4v) is 4.27. The molecule has 0 aromatic heterocycles. The minimum absolute atomic E-state index is 0.851. The van der Waals surface area contributed by atoms with Crippen LogP contribution in [0.15, 0.2) is 0 Å². The molecule has 1 N–H and O–H groups in total. The van der Waals surface area contributed by atoms with E-state index in [1.807, 2.05) is 0 Å². The van der Waals surface area contributed by atoms with Crippen molar-refractivity contribution in [1.82, 2.24) is 5.32 Å². The van der Waals surface area contributed by atoms with Gasteiger partial charge in [-0.15, -0.1) is 0 Å². The summed E-state index contributed by atoms with van der Waals surface area (Å²) in [6.45, 7) is 3.64. The third-order valence-electron chi connectivity index (χ3n) is 4.19. The van der Waals surface area contributed by atoms with Crippen LogP contribution < -0.4 is 5.32 Å². The Balaban J connectivity index is 1.67. The van der Waals surface area contributed by atoms with E-state index >= 15 is 0 Å². The third kappa shape index (κ3) is 3.39. The van der Waals surface area contributed by atoms with Crippen LogP contribution in [0.4, 0.5) is 0 Å². The lowest BCUT2D eigenvalue weighted by molar-refractivity contribution is 0.348. The highest BCUT2D eigenvalue weighted by molar-refractivity contribution is 7.99. The van der Waals surface area contributed by atoms with Gasteiger partial charge in [0, 0.05) is 6.04 Å². The van der Waals surface area contributed by atoms with Gasteiger partial charge >= 0.3 is 0 Å². The first-order valence-corrected chi connectivity index (χ1v) is 7.86. The van der Waals surface area contributed by atoms with Gasteiger partial charge in [-0.3, -0.25) is 0 Å². The van der Waals surface area contributed by atoms with Crippen molar-refractivity contribution < 1.29 is 0 Å². The van der Waals surface area contributed by atoms with Gasteiger partial charge in [-0.2, -0.15) is 11.8 Å². The molecule has 1 saturated carbocycles. The lowest BCUT2D eigenvalue weighted by atomic mass is 9.98. The van der Waals surface area contributed by atoms with Crippen molar-refractivity contribution in [2.45, 2.75) is 51.5 Å². The van der Waals surface area contributed by atoms with Crippen molar-refractivity contribution in [3.8, 4) is 0 Å². The fourth-order valence-electron chi connectivity index (χ4n) is 3.06. The Morgan fingerprint density at radius 3 is 2.67 bits per heavy atom. The maximum Gasteiger partial charge on any atom is 0.00953 e. The number of nitrogens with one attached hydrogen (secondary N) is 1. The molecule has 1 heterocycles. The third-order valence-corrected chi connectivity index (χ3v) is 5.24. The zero-order chi connectivity index (χ0) is 10.5. The van der Waals surface area contributed by atoms with Crippen LogP contribution in [-0.4, -0.2) is 24.1 Å². The molecular weight excluding hydrogens is 202 g/mol. The number of thioether (sulfide) groups is 1. The van der Waals surface area contributed by atoms with E-state index in [1.165, 1.54) is 56.6 Å². The van der Waals surface area contributed by atoms with Crippen molar-refractivity contribution in [3.63, 3.8) is 0 Å². The predicted molar refractivity (Wildman–Crippen MR) is 69.5 cm³/mol. The molecule has 2 fully saturated rings. The standard InChI is InChI=1S/C13H25NS/c1-2-12-4-3-5-13(12)14-10-11-6-8-15-9-7-11/h11-14H,2-10H2,1H3. The summed E-state index contributed by atoms with van der Waals surface area (Å²) in [6, 6.07) is 0.851. The van der Waals surface area contributed by atoms with E-state index in [-0.39, 0.29) is 0 Å². The molecule has 2 heteroatoms. The molecule has 0 amide bonds. The summed E-state index contributed by atoms with van der Waals surface area (Å²) in [4.78, 5) is 0. The van der Waals surface area contributed by atoms with Crippen LogP contribution in [0.25, 0.3) is 0 Å². The average Bonchev–Trinajstić information content (AvgIpc) is 2.75. The minimum Gasteiger partial charge on any atom is -0.313 e. The SMILES string of the molecule is CCC1CCCC1NCC1CCSCC1. The molecule has 0 radical (unpaired) electrons. The topological polar surface area (TPSA) is 12.0 Å². The molecule has 0 aromatic carbocycles. The van der Waals surface area contributed by atoms with E-state index in [0.29, 0.717) is 0 Å². The molecule has 1 aliphatic carbocycles. The van der Waals surface area contributed by atoms with Gasteiger partial charge in [-0.05, 0) is 55.6 Å². The lowest BCUT2D eigenvalue weighted by Gasteiger charge is -2.26. The molecule has 2 unspecified atom stereocenters. The smallest absolute Gasteiger partial charge is 0.00953 e. The van der Waals surface area contributed by atoms with Crippen molar-refractivity contribution in [2.24, 2.45) is 11.8 Å². The highest BCUT2D eigenvalue weighted by Gasteiger charge is 2.26. The Morgan fingerprint density at radius 1 is 1.13 bits per heavy atom. The maximum atomic E-state index is 3.84. The molecule has 0 spiro atoms. The van der Waals surface area contributed by atoms with Gasteiger partial charge in [0.2, 0.25) is 0 Å². The van der Waals surface area contributed by atoms with Crippen LogP contribution >= 0.6 is 11.8 Å². The first-order chi connectivity index (χ1) is 7.40. The highest BCUT2D eigenvalue weighted by atomic mass is 32.2. The van der Waals surface area contributed by atoms with E-state index in [4.69, 9.17) is 0 Å². The van der Waals surface area contributed by atoms with Crippen LogP contribution in [-0.2, 0) is 0 Å². The molecule has 88 valence electrons. The summed E-state index contributed by atoms with van der Waals surface area (Å²) in [5.74, 6) is 4.75. The van der Waals surface area contributed by atoms with Crippen LogP contribution in [0.3, 0.4) is 0 Å². The minimum atomic E-state index is 0.851. The van der Waals surface area contributed by atoms with E-state index in [9.17, 15) is 0 Å². The molecule has 1 aliphatic heterocycles. The zero-order valence-electron chi connectivity index (χ0n) is 10.0. The average molecular weight is 227 g/mol.